The van der Waals surface area contributed by atoms with Gasteiger partial charge in [-0.25, -0.2) is 4.79 Å². The largest absolute Gasteiger partial charge is 0.490 e. The zero-order valence-electron chi connectivity index (χ0n) is 16.0. The summed E-state index contributed by atoms with van der Waals surface area (Å²) in [7, 11) is 0. The van der Waals surface area contributed by atoms with Gasteiger partial charge in [-0.15, -0.1) is 0 Å². The van der Waals surface area contributed by atoms with E-state index in [1.165, 1.54) is 6.07 Å². The van der Waals surface area contributed by atoms with E-state index in [0.717, 1.165) is 11.1 Å². The third-order valence-corrected chi connectivity index (χ3v) is 4.60. The maximum Gasteiger partial charge on any atom is 0.337 e. The van der Waals surface area contributed by atoms with Crippen LogP contribution in [-0.2, 0) is 13.2 Å². The van der Waals surface area contributed by atoms with Crippen LogP contribution in [0.4, 0.5) is 5.69 Å². The van der Waals surface area contributed by atoms with Gasteiger partial charge in [0.15, 0.2) is 11.5 Å². The quantitative estimate of drug-likeness (QED) is 0.477. The molecule has 0 saturated heterocycles. The summed E-state index contributed by atoms with van der Waals surface area (Å²) in [5.74, 6) is 0.270. The van der Waals surface area contributed by atoms with Crippen LogP contribution in [0.25, 0.3) is 0 Å². The highest BCUT2D eigenvalue weighted by Crippen LogP contribution is 2.33. The predicted octanol–water partition coefficient (Wildman–Crippen LogP) is 5.63. The maximum atomic E-state index is 11.3. The molecule has 0 heterocycles. The summed E-state index contributed by atoms with van der Waals surface area (Å²) in [6, 6.07) is 20.5. The SMILES string of the molecule is CCOc1cccc(CNc2ccc(Cl)c(C(=O)O)c2)c1OCc1ccccc1. The first-order valence-electron chi connectivity index (χ1n) is 9.26. The molecule has 0 unspecified atom stereocenters. The lowest BCUT2D eigenvalue weighted by molar-refractivity contribution is 0.0697. The van der Waals surface area contributed by atoms with Gasteiger partial charge in [-0.2, -0.15) is 0 Å². The van der Waals surface area contributed by atoms with Crippen molar-refractivity contribution in [1.29, 1.82) is 0 Å². The highest BCUT2D eigenvalue weighted by atomic mass is 35.5. The van der Waals surface area contributed by atoms with Crippen LogP contribution in [0.5, 0.6) is 11.5 Å². The molecule has 5 nitrogen and oxygen atoms in total. The minimum atomic E-state index is -1.07. The second-order valence-electron chi connectivity index (χ2n) is 6.31. The Hall–Kier alpha value is -3.18. The number of nitrogens with one attached hydrogen (secondary N) is 1. The molecule has 0 amide bonds. The number of hydrogen-bond acceptors (Lipinski definition) is 4. The minimum Gasteiger partial charge on any atom is -0.490 e. The van der Waals surface area contributed by atoms with Gasteiger partial charge in [-0.05, 0) is 36.8 Å². The Morgan fingerprint density at radius 1 is 1.03 bits per heavy atom. The second-order valence-corrected chi connectivity index (χ2v) is 6.71. The molecule has 0 saturated carbocycles. The molecule has 0 radical (unpaired) electrons. The number of anilines is 1. The molecule has 0 aromatic heterocycles. The number of halogens is 1. The number of aromatic carboxylic acids is 1. The third-order valence-electron chi connectivity index (χ3n) is 4.27. The number of ether oxygens (including phenoxy) is 2. The molecule has 0 aliphatic rings. The van der Waals surface area contributed by atoms with Crippen LogP contribution in [0.3, 0.4) is 0 Å². The zero-order valence-corrected chi connectivity index (χ0v) is 16.8. The molecular weight excluding hydrogens is 390 g/mol. The average Bonchev–Trinajstić information content (AvgIpc) is 2.73. The first kappa shape index (κ1) is 20.6. The van der Waals surface area contributed by atoms with E-state index in [-0.39, 0.29) is 10.6 Å². The van der Waals surface area contributed by atoms with Crippen LogP contribution < -0.4 is 14.8 Å². The summed E-state index contributed by atoms with van der Waals surface area (Å²) in [6.07, 6.45) is 0. The zero-order chi connectivity index (χ0) is 20.6. The van der Waals surface area contributed by atoms with E-state index < -0.39 is 5.97 Å². The van der Waals surface area contributed by atoms with Gasteiger partial charge in [0.2, 0.25) is 0 Å². The molecule has 3 aromatic carbocycles. The molecule has 2 N–H and O–H groups in total. The van der Waals surface area contributed by atoms with Crippen LogP contribution in [0.1, 0.15) is 28.4 Å². The van der Waals surface area contributed by atoms with Gasteiger partial charge in [0.1, 0.15) is 6.61 Å². The molecular formula is C23H22ClNO4. The van der Waals surface area contributed by atoms with Gasteiger partial charge in [-0.3, -0.25) is 0 Å². The fraction of sp³-hybridized carbons (Fsp3) is 0.174. The third kappa shape index (κ3) is 5.42. The Morgan fingerprint density at radius 2 is 1.83 bits per heavy atom. The number of carbonyl (C=O) groups is 1. The highest BCUT2D eigenvalue weighted by Gasteiger charge is 2.13. The molecule has 0 aliphatic carbocycles. The van der Waals surface area contributed by atoms with Gasteiger partial charge in [0, 0.05) is 17.8 Å². The van der Waals surface area contributed by atoms with E-state index in [9.17, 15) is 9.90 Å². The fourth-order valence-corrected chi connectivity index (χ4v) is 3.06. The Labute approximate surface area is 174 Å². The van der Waals surface area contributed by atoms with Crippen molar-refractivity contribution in [2.24, 2.45) is 0 Å². The van der Waals surface area contributed by atoms with Crippen LogP contribution in [0, 0.1) is 0 Å². The summed E-state index contributed by atoms with van der Waals surface area (Å²) < 4.78 is 11.8. The number of benzene rings is 3. The standard InChI is InChI=1S/C23H22ClNO4/c1-2-28-21-10-6-9-17(22(21)29-15-16-7-4-3-5-8-16)14-25-18-11-12-20(24)19(13-18)23(26)27/h3-13,25H,2,14-15H2,1H3,(H,26,27). The molecule has 0 spiro atoms. The number of para-hydroxylation sites is 1. The second kappa shape index (κ2) is 9.85. The Bertz CT molecular complexity index is 976. The van der Waals surface area contributed by atoms with Crippen molar-refractivity contribution in [3.63, 3.8) is 0 Å². The molecule has 0 aliphatic heterocycles. The van der Waals surface area contributed by atoms with E-state index >= 15 is 0 Å². The van der Waals surface area contributed by atoms with Crippen molar-refractivity contribution >= 4 is 23.3 Å². The molecule has 0 atom stereocenters. The summed E-state index contributed by atoms with van der Waals surface area (Å²) in [5, 5.41) is 12.7. The molecule has 6 heteroatoms. The summed E-state index contributed by atoms with van der Waals surface area (Å²) in [5.41, 5.74) is 2.67. The van der Waals surface area contributed by atoms with Gasteiger partial charge >= 0.3 is 5.97 Å². The predicted molar refractivity (Wildman–Crippen MR) is 114 cm³/mol. The lowest BCUT2D eigenvalue weighted by atomic mass is 10.1. The molecule has 0 bridgehead atoms. The fourth-order valence-electron chi connectivity index (χ4n) is 2.86. The summed E-state index contributed by atoms with van der Waals surface area (Å²) >= 11 is 5.94. The van der Waals surface area contributed by atoms with Crippen molar-refractivity contribution in [3.05, 3.63) is 88.4 Å². The number of hydrogen-bond donors (Lipinski definition) is 2. The molecule has 150 valence electrons. The number of carboxylic acids is 1. The summed E-state index contributed by atoms with van der Waals surface area (Å²) in [4.78, 5) is 11.3. The first-order chi connectivity index (χ1) is 14.1. The van der Waals surface area contributed by atoms with Crippen molar-refractivity contribution in [2.45, 2.75) is 20.1 Å². The minimum absolute atomic E-state index is 0.0558. The first-order valence-corrected chi connectivity index (χ1v) is 9.64. The lowest BCUT2D eigenvalue weighted by Crippen LogP contribution is -2.07. The Balaban J connectivity index is 1.80. The van der Waals surface area contributed by atoms with E-state index in [4.69, 9.17) is 21.1 Å². The van der Waals surface area contributed by atoms with Crippen LogP contribution in [0.15, 0.2) is 66.7 Å². The molecule has 0 fully saturated rings. The van der Waals surface area contributed by atoms with Crippen LogP contribution in [-0.4, -0.2) is 17.7 Å². The lowest BCUT2D eigenvalue weighted by Gasteiger charge is -2.17. The van der Waals surface area contributed by atoms with Gasteiger partial charge < -0.3 is 19.9 Å². The van der Waals surface area contributed by atoms with E-state index in [1.54, 1.807) is 12.1 Å². The van der Waals surface area contributed by atoms with E-state index in [2.05, 4.69) is 5.32 Å². The highest BCUT2D eigenvalue weighted by molar-refractivity contribution is 6.33. The van der Waals surface area contributed by atoms with Crippen molar-refractivity contribution in [2.75, 3.05) is 11.9 Å². The summed E-state index contributed by atoms with van der Waals surface area (Å²) in [6.45, 7) is 3.30. The monoisotopic (exact) mass is 411 g/mol. The Morgan fingerprint density at radius 3 is 2.55 bits per heavy atom. The number of carboxylic acid groups (broad SMARTS) is 1. The average molecular weight is 412 g/mol. The molecule has 3 rings (SSSR count). The molecule has 29 heavy (non-hydrogen) atoms. The van der Waals surface area contributed by atoms with Crippen molar-refractivity contribution in [3.8, 4) is 11.5 Å². The smallest absolute Gasteiger partial charge is 0.337 e. The van der Waals surface area contributed by atoms with Crippen LogP contribution >= 0.6 is 11.6 Å². The molecule has 3 aromatic rings. The van der Waals surface area contributed by atoms with Crippen molar-refractivity contribution in [1.82, 2.24) is 0 Å². The topological polar surface area (TPSA) is 67.8 Å². The Kier molecular flexibility index (Phi) is 6.98. The van der Waals surface area contributed by atoms with E-state index in [1.807, 2.05) is 55.5 Å². The van der Waals surface area contributed by atoms with E-state index in [0.29, 0.717) is 36.9 Å². The van der Waals surface area contributed by atoms with Gasteiger partial charge in [-0.1, -0.05) is 54.1 Å². The van der Waals surface area contributed by atoms with Gasteiger partial charge in [0.25, 0.3) is 0 Å². The van der Waals surface area contributed by atoms with Gasteiger partial charge in [0.05, 0.1) is 17.2 Å². The van der Waals surface area contributed by atoms with Crippen LogP contribution in [0.2, 0.25) is 5.02 Å². The van der Waals surface area contributed by atoms with Crippen molar-refractivity contribution < 1.29 is 19.4 Å². The normalized spacial score (nSPS) is 10.4. The number of rotatable bonds is 9. The maximum absolute atomic E-state index is 11.3.